The fraction of sp³-hybridized carbons (Fsp3) is 0.500. The van der Waals surface area contributed by atoms with Crippen molar-refractivity contribution in [1.29, 1.82) is 0 Å². The van der Waals surface area contributed by atoms with Crippen molar-refractivity contribution in [3.63, 3.8) is 0 Å². The summed E-state index contributed by atoms with van der Waals surface area (Å²) in [6, 6.07) is 7.33. The molecule has 3 N–H and O–H groups in total. The summed E-state index contributed by atoms with van der Waals surface area (Å²) in [6.45, 7) is 4.24. The standard InChI is InChI=1S/C16H22N2O3/c1-16(2)10-6-9-12(16)17-15(21)18-13(14(19)20)11-7-4-3-5-8-11/h3-5,7-8,12-13H,6,9-10H2,1-2H3,(H,19,20)(H2,17,18,21)/t12?,13-/m0/s1. The van der Waals surface area contributed by atoms with Gasteiger partial charge in [-0.2, -0.15) is 0 Å². The van der Waals surface area contributed by atoms with Crippen LogP contribution in [-0.2, 0) is 4.79 Å². The molecule has 1 aromatic rings. The van der Waals surface area contributed by atoms with Crippen molar-refractivity contribution < 1.29 is 14.7 Å². The van der Waals surface area contributed by atoms with Crippen molar-refractivity contribution in [3.05, 3.63) is 35.9 Å². The molecule has 1 aliphatic carbocycles. The van der Waals surface area contributed by atoms with Gasteiger partial charge in [0.05, 0.1) is 0 Å². The molecular weight excluding hydrogens is 268 g/mol. The maximum absolute atomic E-state index is 12.1. The molecule has 0 spiro atoms. The van der Waals surface area contributed by atoms with Gasteiger partial charge in [0.25, 0.3) is 0 Å². The first-order chi connectivity index (χ1) is 9.90. The Kier molecular flexibility index (Phi) is 4.50. The summed E-state index contributed by atoms with van der Waals surface area (Å²) in [5, 5.41) is 14.8. The number of aliphatic carboxylic acids is 1. The number of hydrogen-bond donors (Lipinski definition) is 3. The van der Waals surface area contributed by atoms with Crippen molar-refractivity contribution in [2.45, 2.75) is 45.2 Å². The van der Waals surface area contributed by atoms with Gasteiger partial charge < -0.3 is 15.7 Å². The average Bonchev–Trinajstić information content (AvgIpc) is 2.76. The predicted octanol–water partition coefficient (Wildman–Crippen LogP) is 2.69. The molecule has 1 unspecified atom stereocenters. The molecule has 21 heavy (non-hydrogen) atoms. The molecule has 1 saturated carbocycles. The van der Waals surface area contributed by atoms with Crippen LogP contribution in [0.2, 0.25) is 0 Å². The zero-order valence-electron chi connectivity index (χ0n) is 12.4. The molecule has 0 aromatic heterocycles. The first-order valence-corrected chi connectivity index (χ1v) is 7.25. The molecule has 114 valence electrons. The van der Waals surface area contributed by atoms with Gasteiger partial charge >= 0.3 is 12.0 Å². The second-order valence-electron chi connectivity index (χ2n) is 6.23. The maximum atomic E-state index is 12.1. The average molecular weight is 290 g/mol. The Labute approximate surface area is 124 Å². The Balaban J connectivity index is 2.01. The number of carbonyl (C=O) groups excluding carboxylic acids is 1. The molecule has 0 bridgehead atoms. The Morgan fingerprint density at radius 2 is 1.95 bits per heavy atom. The number of carboxylic acid groups (broad SMARTS) is 1. The van der Waals surface area contributed by atoms with E-state index in [1.807, 2.05) is 6.07 Å². The zero-order chi connectivity index (χ0) is 15.5. The van der Waals surface area contributed by atoms with Crippen LogP contribution >= 0.6 is 0 Å². The van der Waals surface area contributed by atoms with Crippen LogP contribution in [0.1, 0.15) is 44.7 Å². The molecule has 2 atom stereocenters. The SMILES string of the molecule is CC1(C)CCCC1NC(=O)N[C@H](C(=O)O)c1ccccc1. The first kappa shape index (κ1) is 15.4. The van der Waals surface area contributed by atoms with Crippen LogP contribution in [0.3, 0.4) is 0 Å². The topological polar surface area (TPSA) is 78.4 Å². The minimum Gasteiger partial charge on any atom is -0.479 e. The van der Waals surface area contributed by atoms with E-state index in [0.717, 1.165) is 19.3 Å². The zero-order valence-corrected chi connectivity index (χ0v) is 12.4. The largest absolute Gasteiger partial charge is 0.479 e. The van der Waals surface area contributed by atoms with Crippen LogP contribution in [0.15, 0.2) is 30.3 Å². The van der Waals surface area contributed by atoms with Gasteiger partial charge in [-0.15, -0.1) is 0 Å². The van der Waals surface area contributed by atoms with E-state index < -0.39 is 18.0 Å². The van der Waals surface area contributed by atoms with E-state index in [9.17, 15) is 14.7 Å². The number of carbonyl (C=O) groups is 2. The minimum absolute atomic E-state index is 0.0583. The number of urea groups is 1. The third-order valence-corrected chi connectivity index (χ3v) is 4.22. The lowest BCUT2D eigenvalue weighted by atomic mass is 9.87. The maximum Gasteiger partial charge on any atom is 0.330 e. The first-order valence-electron chi connectivity index (χ1n) is 7.25. The number of nitrogens with one attached hydrogen (secondary N) is 2. The Bertz CT molecular complexity index is 514. The molecule has 2 rings (SSSR count). The lowest BCUT2D eigenvalue weighted by Gasteiger charge is -2.28. The number of rotatable bonds is 4. The van der Waals surface area contributed by atoms with Crippen molar-refractivity contribution >= 4 is 12.0 Å². The second kappa shape index (κ2) is 6.16. The highest BCUT2D eigenvalue weighted by Crippen LogP contribution is 2.37. The fourth-order valence-electron chi connectivity index (χ4n) is 2.86. The molecular formula is C16H22N2O3. The van der Waals surface area contributed by atoms with Gasteiger partial charge in [-0.05, 0) is 23.8 Å². The highest BCUT2D eigenvalue weighted by molar-refractivity contribution is 5.83. The Hall–Kier alpha value is -2.04. The van der Waals surface area contributed by atoms with E-state index in [1.54, 1.807) is 24.3 Å². The van der Waals surface area contributed by atoms with Crippen molar-refractivity contribution in [2.24, 2.45) is 5.41 Å². The summed E-state index contributed by atoms with van der Waals surface area (Å²) < 4.78 is 0. The van der Waals surface area contributed by atoms with Crippen LogP contribution in [0, 0.1) is 5.41 Å². The van der Waals surface area contributed by atoms with Crippen LogP contribution in [-0.4, -0.2) is 23.1 Å². The molecule has 0 aliphatic heterocycles. The van der Waals surface area contributed by atoms with E-state index in [2.05, 4.69) is 24.5 Å². The normalized spacial score (nSPS) is 21.5. The summed E-state index contributed by atoms with van der Waals surface area (Å²) in [7, 11) is 0. The summed E-state index contributed by atoms with van der Waals surface area (Å²) in [6.07, 6.45) is 3.08. The number of carboxylic acids is 1. The molecule has 1 aliphatic rings. The predicted molar refractivity (Wildman–Crippen MR) is 79.9 cm³/mol. The van der Waals surface area contributed by atoms with Crippen molar-refractivity contribution in [3.8, 4) is 0 Å². The summed E-state index contributed by atoms with van der Waals surface area (Å²) in [4.78, 5) is 23.4. The summed E-state index contributed by atoms with van der Waals surface area (Å²) in [5.41, 5.74) is 0.619. The number of benzene rings is 1. The lowest BCUT2D eigenvalue weighted by molar-refractivity contribution is -0.139. The highest BCUT2D eigenvalue weighted by Gasteiger charge is 2.36. The third-order valence-electron chi connectivity index (χ3n) is 4.22. The summed E-state index contributed by atoms with van der Waals surface area (Å²) >= 11 is 0. The number of amides is 2. The van der Waals surface area contributed by atoms with E-state index >= 15 is 0 Å². The fourth-order valence-corrected chi connectivity index (χ4v) is 2.86. The molecule has 5 nitrogen and oxygen atoms in total. The molecule has 1 fully saturated rings. The minimum atomic E-state index is -1.07. The van der Waals surface area contributed by atoms with Gasteiger partial charge in [0.1, 0.15) is 0 Å². The van der Waals surface area contributed by atoms with Gasteiger partial charge in [-0.1, -0.05) is 50.6 Å². The van der Waals surface area contributed by atoms with Crippen LogP contribution in [0.25, 0.3) is 0 Å². The Morgan fingerprint density at radius 1 is 1.29 bits per heavy atom. The number of hydrogen-bond acceptors (Lipinski definition) is 2. The molecule has 0 heterocycles. The monoisotopic (exact) mass is 290 g/mol. The molecule has 5 heteroatoms. The van der Waals surface area contributed by atoms with Gasteiger partial charge in [-0.3, -0.25) is 0 Å². The quantitative estimate of drug-likeness (QED) is 0.797. The van der Waals surface area contributed by atoms with Gasteiger partial charge in [0.2, 0.25) is 0 Å². The molecule has 1 aromatic carbocycles. The molecule has 0 radical (unpaired) electrons. The highest BCUT2D eigenvalue weighted by atomic mass is 16.4. The van der Waals surface area contributed by atoms with E-state index in [4.69, 9.17) is 0 Å². The lowest BCUT2D eigenvalue weighted by Crippen LogP contribution is -2.48. The van der Waals surface area contributed by atoms with Crippen LogP contribution < -0.4 is 10.6 Å². The van der Waals surface area contributed by atoms with Crippen molar-refractivity contribution in [1.82, 2.24) is 10.6 Å². The van der Waals surface area contributed by atoms with Gasteiger partial charge in [0, 0.05) is 6.04 Å². The smallest absolute Gasteiger partial charge is 0.330 e. The summed E-state index contributed by atoms with van der Waals surface area (Å²) in [5.74, 6) is -1.07. The molecule has 2 amide bonds. The third kappa shape index (κ3) is 3.74. The van der Waals surface area contributed by atoms with Crippen molar-refractivity contribution in [2.75, 3.05) is 0 Å². The second-order valence-corrected chi connectivity index (χ2v) is 6.23. The van der Waals surface area contributed by atoms with E-state index in [1.165, 1.54) is 0 Å². The van der Waals surface area contributed by atoms with E-state index in [-0.39, 0.29) is 11.5 Å². The Morgan fingerprint density at radius 3 is 2.48 bits per heavy atom. The van der Waals surface area contributed by atoms with Crippen LogP contribution in [0.4, 0.5) is 4.79 Å². The van der Waals surface area contributed by atoms with Gasteiger partial charge in [-0.25, -0.2) is 9.59 Å². The van der Waals surface area contributed by atoms with E-state index in [0.29, 0.717) is 5.56 Å². The van der Waals surface area contributed by atoms with Crippen LogP contribution in [0.5, 0.6) is 0 Å². The molecule has 0 saturated heterocycles. The van der Waals surface area contributed by atoms with Gasteiger partial charge in [0.15, 0.2) is 6.04 Å².